The first-order valence-corrected chi connectivity index (χ1v) is 7.43. The predicted molar refractivity (Wildman–Crippen MR) is 80.2 cm³/mol. The van der Waals surface area contributed by atoms with E-state index in [0.717, 1.165) is 16.0 Å². The average molecular weight is 294 g/mol. The Morgan fingerprint density at radius 1 is 1.55 bits per heavy atom. The molecule has 0 saturated carbocycles. The van der Waals surface area contributed by atoms with Crippen molar-refractivity contribution in [1.29, 1.82) is 0 Å². The van der Waals surface area contributed by atoms with Crippen molar-refractivity contribution in [2.75, 3.05) is 30.4 Å². The van der Waals surface area contributed by atoms with Crippen LogP contribution in [0.5, 0.6) is 0 Å². The minimum absolute atomic E-state index is 0.00952. The third-order valence-corrected chi connectivity index (χ3v) is 4.44. The van der Waals surface area contributed by atoms with Crippen LogP contribution in [0.2, 0.25) is 0 Å². The number of hydrogen-bond acceptors (Lipinski definition) is 7. The highest BCUT2D eigenvalue weighted by Gasteiger charge is 2.28. The van der Waals surface area contributed by atoms with Gasteiger partial charge in [-0.05, 0) is 19.9 Å². The van der Waals surface area contributed by atoms with Crippen LogP contribution < -0.4 is 10.6 Å². The van der Waals surface area contributed by atoms with Crippen molar-refractivity contribution in [2.45, 2.75) is 26.0 Å². The molecule has 0 amide bonds. The Labute approximate surface area is 121 Å². The maximum Gasteiger partial charge on any atom is 0.223 e. The smallest absolute Gasteiger partial charge is 0.223 e. The van der Waals surface area contributed by atoms with Crippen molar-refractivity contribution >= 4 is 33.3 Å². The second kappa shape index (κ2) is 5.16. The Morgan fingerprint density at radius 2 is 2.35 bits per heavy atom. The van der Waals surface area contributed by atoms with E-state index in [9.17, 15) is 5.11 Å². The van der Waals surface area contributed by atoms with Crippen LogP contribution in [-0.4, -0.2) is 47.0 Å². The Balaban J connectivity index is 2.07. The molecule has 20 heavy (non-hydrogen) atoms. The minimum Gasteiger partial charge on any atom is -0.394 e. The Morgan fingerprint density at radius 3 is 3.10 bits per heavy atom. The average Bonchev–Trinajstić information content (AvgIpc) is 2.78. The van der Waals surface area contributed by atoms with Gasteiger partial charge in [0.1, 0.15) is 10.6 Å². The molecule has 2 aromatic heterocycles. The van der Waals surface area contributed by atoms with E-state index < -0.39 is 0 Å². The molecule has 1 aliphatic heterocycles. The molecule has 2 unspecified atom stereocenters. The number of morpholine rings is 1. The number of ether oxygens (including phenoxy) is 1. The van der Waals surface area contributed by atoms with Gasteiger partial charge in [0.2, 0.25) is 5.95 Å². The number of hydrogen-bond donors (Lipinski definition) is 2. The van der Waals surface area contributed by atoms with E-state index in [0.29, 0.717) is 13.2 Å². The quantitative estimate of drug-likeness (QED) is 0.865. The standard InChI is InChI=1S/C13H18N4O2S/c1-7-6-19-9(5-18)4-17(7)11-10-3-8(2)20-12(10)16-13(14)15-11/h3,7,9,18H,4-6H2,1-2H3,(H2,14,15,16). The molecule has 1 saturated heterocycles. The van der Waals surface area contributed by atoms with Crippen LogP contribution in [0.15, 0.2) is 6.07 Å². The van der Waals surface area contributed by atoms with Gasteiger partial charge >= 0.3 is 0 Å². The predicted octanol–water partition coefficient (Wildman–Crippen LogP) is 1.17. The van der Waals surface area contributed by atoms with Crippen molar-refractivity contribution < 1.29 is 9.84 Å². The fraction of sp³-hybridized carbons (Fsp3) is 0.538. The van der Waals surface area contributed by atoms with Gasteiger partial charge in [0.25, 0.3) is 0 Å². The van der Waals surface area contributed by atoms with E-state index in [2.05, 4.69) is 27.9 Å². The highest BCUT2D eigenvalue weighted by Crippen LogP contribution is 2.33. The van der Waals surface area contributed by atoms with E-state index in [4.69, 9.17) is 10.5 Å². The fourth-order valence-corrected chi connectivity index (χ4v) is 3.37. The van der Waals surface area contributed by atoms with Crippen molar-refractivity contribution in [1.82, 2.24) is 9.97 Å². The summed E-state index contributed by atoms with van der Waals surface area (Å²) in [7, 11) is 0. The first-order chi connectivity index (χ1) is 9.58. The maximum absolute atomic E-state index is 9.31. The van der Waals surface area contributed by atoms with Gasteiger partial charge in [0, 0.05) is 11.4 Å². The summed E-state index contributed by atoms with van der Waals surface area (Å²) in [6.45, 7) is 5.32. The van der Waals surface area contributed by atoms with Gasteiger partial charge in [0.05, 0.1) is 30.7 Å². The molecule has 3 N–H and O–H groups in total. The Hall–Kier alpha value is -1.44. The zero-order valence-corrected chi connectivity index (χ0v) is 12.4. The van der Waals surface area contributed by atoms with E-state index in [-0.39, 0.29) is 24.7 Å². The normalized spacial score (nSPS) is 23.4. The number of aliphatic hydroxyl groups excluding tert-OH is 1. The lowest BCUT2D eigenvalue weighted by Crippen LogP contribution is -2.50. The van der Waals surface area contributed by atoms with Gasteiger partial charge in [-0.25, -0.2) is 4.98 Å². The molecular weight excluding hydrogens is 276 g/mol. The van der Waals surface area contributed by atoms with Crippen LogP contribution in [0.1, 0.15) is 11.8 Å². The summed E-state index contributed by atoms with van der Waals surface area (Å²) >= 11 is 1.61. The monoisotopic (exact) mass is 294 g/mol. The van der Waals surface area contributed by atoms with Crippen molar-refractivity contribution in [3.8, 4) is 0 Å². The third kappa shape index (κ3) is 2.32. The summed E-state index contributed by atoms with van der Waals surface area (Å²) in [6, 6.07) is 2.28. The van der Waals surface area contributed by atoms with Crippen LogP contribution in [-0.2, 0) is 4.74 Å². The number of anilines is 2. The number of aromatic nitrogens is 2. The molecule has 0 bridgehead atoms. The van der Waals surface area contributed by atoms with E-state index in [1.165, 1.54) is 4.88 Å². The molecule has 7 heteroatoms. The number of aliphatic hydroxyl groups is 1. The molecule has 0 radical (unpaired) electrons. The number of nitrogens with zero attached hydrogens (tertiary/aromatic N) is 3. The second-order valence-electron chi connectivity index (χ2n) is 5.12. The van der Waals surface area contributed by atoms with Crippen molar-refractivity contribution in [2.24, 2.45) is 0 Å². The van der Waals surface area contributed by atoms with Crippen LogP contribution >= 0.6 is 11.3 Å². The van der Waals surface area contributed by atoms with Crippen LogP contribution in [0, 0.1) is 6.92 Å². The van der Waals surface area contributed by atoms with Crippen molar-refractivity contribution in [3.63, 3.8) is 0 Å². The lowest BCUT2D eigenvalue weighted by atomic mass is 10.2. The van der Waals surface area contributed by atoms with Gasteiger partial charge in [-0.2, -0.15) is 4.98 Å². The van der Waals surface area contributed by atoms with Gasteiger partial charge in [-0.3, -0.25) is 0 Å². The molecule has 2 aromatic rings. The summed E-state index contributed by atoms with van der Waals surface area (Å²) in [5, 5.41) is 10.3. The van der Waals surface area contributed by atoms with Gasteiger partial charge in [0.15, 0.2) is 0 Å². The summed E-state index contributed by atoms with van der Waals surface area (Å²) in [5.41, 5.74) is 5.83. The lowest BCUT2D eigenvalue weighted by molar-refractivity contribution is -0.0104. The Kier molecular flexibility index (Phi) is 3.49. The van der Waals surface area contributed by atoms with Gasteiger partial charge < -0.3 is 20.5 Å². The zero-order valence-electron chi connectivity index (χ0n) is 11.5. The number of fused-ring (bicyclic) bond motifs is 1. The summed E-state index contributed by atoms with van der Waals surface area (Å²) in [6.07, 6.45) is -0.183. The first kappa shape index (κ1) is 13.5. The fourth-order valence-electron chi connectivity index (χ4n) is 2.48. The lowest BCUT2D eigenvalue weighted by Gasteiger charge is -2.38. The highest BCUT2D eigenvalue weighted by molar-refractivity contribution is 7.18. The molecule has 6 nitrogen and oxygen atoms in total. The molecule has 2 atom stereocenters. The van der Waals surface area contributed by atoms with E-state index in [1.54, 1.807) is 11.3 Å². The molecule has 3 rings (SSSR count). The number of nitrogen functional groups attached to an aromatic ring is 1. The molecular formula is C13H18N4O2S. The highest BCUT2D eigenvalue weighted by atomic mass is 32.1. The van der Waals surface area contributed by atoms with E-state index in [1.807, 2.05) is 6.92 Å². The molecule has 108 valence electrons. The van der Waals surface area contributed by atoms with Crippen LogP contribution in [0.25, 0.3) is 10.2 Å². The maximum atomic E-state index is 9.31. The second-order valence-corrected chi connectivity index (χ2v) is 6.36. The number of aryl methyl sites for hydroxylation is 1. The van der Waals surface area contributed by atoms with Crippen LogP contribution in [0.3, 0.4) is 0 Å². The van der Waals surface area contributed by atoms with Crippen molar-refractivity contribution in [3.05, 3.63) is 10.9 Å². The molecule has 3 heterocycles. The largest absolute Gasteiger partial charge is 0.394 e. The van der Waals surface area contributed by atoms with Gasteiger partial charge in [-0.15, -0.1) is 11.3 Å². The van der Waals surface area contributed by atoms with Gasteiger partial charge in [-0.1, -0.05) is 0 Å². The number of nitrogens with two attached hydrogens (primary N) is 1. The summed E-state index contributed by atoms with van der Waals surface area (Å²) in [4.78, 5) is 13.0. The molecule has 1 aliphatic rings. The number of rotatable bonds is 2. The SMILES string of the molecule is Cc1cc2c(N3CC(CO)OCC3C)nc(N)nc2s1. The Bertz CT molecular complexity index is 630. The molecule has 0 spiro atoms. The third-order valence-electron chi connectivity index (χ3n) is 3.49. The summed E-state index contributed by atoms with van der Waals surface area (Å²) in [5.74, 6) is 1.12. The van der Waals surface area contributed by atoms with E-state index >= 15 is 0 Å². The van der Waals surface area contributed by atoms with Crippen LogP contribution in [0.4, 0.5) is 11.8 Å². The summed E-state index contributed by atoms with van der Waals surface area (Å²) < 4.78 is 5.57. The zero-order chi connectivity index (χ0) is 14.3. The molecule has 1 fully saturated rings. The molecule has 0 aromatic carbocycles. The first-order valence-electron chi connectivity index (χ1n) is 6.61. The number of thiophene rings is 1. The topological polar surface area (TPSA) is 84.5 Å². The molecule has 0 aliphatic carbocycles. The minimum atomic E-state index is -0.183.